The molecule has 8 heteroatoms. The summed E-state index contributed by atoms with van der Waals surface area (Å²) >= 11 is 3.05. The molecule has 0 fully saturated rings. The third-order valence-electron chi connectivity index (χ3n) is 2.88. The van der Waals surface area contributed by atoms with Crippen molar-refractivity contribution in [1.82, 2.24) is 5.32 Å². The van der Waals surface area contributed by atoms with E-state index < -0.39 is 16.4 Å². The molecule has 21 heavy (non-hydrogen) atoms. The van der Waals surface area contributed by atoms with Crippen LogP contribution in [0.2, 0.25) is 0 Å². The van der Waals surface area contributed by atoms with Gasteiger partial charge in [0.1, 0.15) is 0 Å². The van der Waals surface area contributed by atoms with Gasteiger partial charge in [0.15, 0.2) is 0 Å². The highest BCUT2D eigenvalue weighted by atomic mass is 79.9. The van der Waals surface area contributed by atoms with Crippen LogP contribution in [-0.4, -0.2) is 41.8 Å². The van der Waals surface area contributed by atoms with Crippen molar-refractivity contribution < 1.29 is 19.6 Å². The van der Waals surface area contributed by atoms with Crippen molar-refractivity contribution in [2.45, 2.75) is 18.9 Å². The minimum atomic E-state index is -1.10. The third-order valence-corrected chi connectivity index (χ3v) is 3.55. The lowest BCUT2D eigenvalue weighted by atomic mass is 10.0. The number of carbonyl (C=O) groups excluding carboxylic acids is 1. The van der Waals surface area contributed by atoms with Crippen molar-refractivity contribution in [3.05, 3.63) is 38.3 Å². The van der Waals surface area contributed by atoms with Gasteiger partial charge in [0, 0.05) is 38.3 Å². The Morgan fingerprint density at radius 1 is 1.57 bits per heavy atom. The van der Waals surface area contributed by atoms with Gasteiger partial charge in [-0.25, -0.2) is 0 Å². The number of benzene rings is 1. The minimum Gasteiger partial charge on any atom is -0.388 e. The zero-order valence-corrected chi connectivity index (χ0v) is 13.3. The SMILES string of the molecule is COCCC(C)(O)CNC(=O)c1ccc(Br)c([N+](=O)[O-])c1. The maximum Gasteiger partial charge on any atom is 0.284 e. The van der Waals surface area contributed by atoms with Crippen LogP contribution in [0.25, 0.3) is 0 Å². The Balaban J connectivity index is 2.72. The van der Waals surface area contributed by atoms with E-state index in [9.17, 15) is 20.0 Å². The number of hydrogen-bond donors (Lipinski definition) is 2. The van der Waals surface area contributed by atoms with E-state index in [2.05, 4.69) is 21.2 Å². The molecule has 0 bridgehead atoms. The first-order chi connectivity index (χ1) is 9.76. The normalized spacial score (nSPS) is 13.5. The highest BCUT2D eigenvalue weighted by Crippen LogP contribution is 2.25. The molecule has 0 saturated carbocycles. The summed E-state index contributed by atoms with van der Waals surface area (Å²) in [5.41, 5.74) is -1.13. The second-order valence-electron chi connectivity index (χ2n) is 4.85. The first-order valence-electron chi connectivity index (χ1n) is 6.20. The Hall–Kier alpha value is -1.51. The topological polar surface area (TPSA) is 102 Å². The molecule has 1 atom stereocenters. The molecule has 0 aromatic heterocycles. The number of nitro benzene ring substituents is 1. The molecule has 1 amide bonds. The van der Waals surface area contributed by atoms with E-state index in [0.717, 1.165) is 0 Å². The lowest BCUT2D eigenvalue weighted by Gasteiger charge is -2.23. The minimum absolute atomic E-state index is 0.0268. The van der Waals surface area contributed by atoms with E-state index in [4.69, 9.17) is 4.74 Å². The molecule has 1 aromatic carbocycles. The van der Waals surface area contributed by atoms with E-state index in [-0.39, 0.29) is 17.8 Å². The van der Waals surface area contributed by atoms with Gasteiger partial charge in [-0.3, -0.25) is 14.9 Å². The number of methoxy groups -OCH3 is 1. The Morgan fingerprint density at radius 2 is 2.24 bits per heavy atom. The molecular formula is C13H17BrN2O5. The average Bonchev–Trinajstić information content (AvgIpc) is 2.43. The summed E-state index contributed by atoms with van der Waals surface area (Å²) in [4.78, 5) is 22.2. The number of aliphatic hydroxyl groups is 1. The van der Waals surface area contributed by atoms with Crippen molar-refractivity contribution in [3.63, 3.8) is 0 Å². The molecule has 7 nitrogen and oxygen atoms in total. The second kappa shape index (κ2) is 7.48. The van der Waals surface area contributed by atoms with E-state index in [0.29, 0.717) is 17.5 Å². The molecule has 1 rings (SSSR count). The van der Waals surface area contributed by atoms with Crippen LogP contribution < -0.4 is 5.32 Å². The van der Waals surface area contributed by atoms with Gasteiger partial charge in [0.05, 0.1) is 15.0 Å². The fourth-order valence-corrected chi connectivity index (χ4v) is 1.97. The third kappa shape index (κ3) is 5.41. The Morgan fingerprint density at radius 3 is 2.81 bits per heavy atom. The summed E-state index contributed by atoms with van der Waals surface area (Å²) in [6.07, 6.45) is 0.365. The summed E-state index contributed by atoms with van der Waals surface area (Å²) in [5.74, 6) is -0.483. The van der Waals surface area contributed by atoms with Gasteiger partial charge >= 0.3 is 0 Å². The lowest BCUT2D eigenvalue weighted by molar-refractivity contribution is -0.385. The van der Waals surface area contributed by atoms with Crippen LogP contribution in [0.5, 0.6) is 0 Å². The largest absolute Gasteiger partial charge is 0.388 e. The quantitative estimate of drug-likeness (QED) is 0.570. The van der Waals surface area contributed by atoms with Crippen molar-refractivity contribution in [3.8, 4) is 0 Å². The van der Waals surface area contributed by atoms with Crippen LogP contribution in [0.15, 0.2) is 22.7 Å². The van der Waals surface area contributed by atoms with E-state index in [1.807, 2.05) is 0 Å². The van der Waals surface area contributed by atoms with Crippen LogP contribution in [-0.2, 0) is 4.74 Å². The van der Waals surface area contributed by atoms with Gasteiger partial charge in [-0.2, -0.15) is 0 Å². The van der Waals surface area contributed by atoms with Gasteiger partial charge in [0.2, 0.25) is 0 Å². The number of carbonyl (C=O) groups is 1. The van der Waals surface area contributed by atoms with Gasteiger partial charge in [-0.05, 0) is 35.0 Å². The summed E-state index contributed by atoms with van der Waals surface area (Å²) in [6, 6.07) is 4.09. The Labute approximate surface area is 130 Å². The lowest BCUT2D eigenvalue weighted by Crippen LogP contribution is -2.41. The highest BCUT2D eigenvalue weighted by Gasteiger charge is 2.22. The van der Waals surface area contributed by atoms with Crippen LogP contribution in [0, 0.1) is 10.1 Å². The number of nitrogens with zero attached hydrogens (tertiary/aromatic N) is 1. The van der Waals surface area contributed by atoms with Gasteiger partial charge in [0.25, 0.3) is 11.6 Å². The standard InChI is InChI=1S/C13H17BrN2O5/c1-13(18,5-6-21-2)8-15-12(17)9-3-4-10(14)11(7-9)16(19)20/h3-4,7,18H,5-6,8H2,1-2H3,(H,15,17). The fourth-order valence-electron chi connectivity index (χ4n) is 1.58. The molecular weight excluding hydrogens is 344 g/mol. The van der Waals surface area contributed by atoms with Crippen LogP contribution in [0.3, 0.4) is 0 Å². The number of rotatable bonds is 7. The average molecular weight is 361 g/mol. The molecule has 0 heterocycles. The first kappa shape index (κ1) is 17.5. The predicted molar refractivity (Wildman–Crippen MR) is 80.2 cm³/mol. The van der Waals surface area contributed by atoms with Crippen LogP contribution in [0.1, 0.15) is 23.7 Å². The molecule has 0 aliphatic heterocycles. The molecule has 0 spiro atoms. The number of hydrogen-bond acceptors (Lipinski definition) is 5. The molecule has 1 aromatic rings. The smallest absolute Gasteiger partial charge is 0.284 e. The number of nitrogens with one attached hydrogen (secondary N) is 1. The van der Waals surface area contributed by atoms with Crippen molar-refractivity contribution in [2.24, 2.45) is 0 Å². The molecule has 1 unspecified atom stereocenters. The number of halogens is 1. The maximum atomic E-state index is 12.0. The number of ether oxygens (including phenoxy) is 1. The van der Waals surface area contributed by atoms with E-state index >= 15 is 0 Å². The predicted octanol–water partition coefficient (Wildman–Crippen LogP) is 1.87. The monoisotopic (exact) mass is 360 g/mol. The van der Waals surface area contributed by atoms with Crippen molar-refractivity contribution >= 4 is 27.5 Å². The van der Waals surface area contributed by atoms with Crippen LogP contribution in [0.4, 0.5) is 5.69 Å². The fraction of sp³-hybridized carbons (Fsp3) is 0.462. The van der Waals surface area contributed by atoms with Crippen molar-refractivity contribution in [2.75, 3.05) is 20.3 Å². The summed E-state index contributed by atoms with van der Waals surface area (Å²) in [5, 5.41) is 23.4. The second-order valence-corrected chi connectivity index (χ2v) is 5.70. The Bertz CT molecular complexity index is 533. The number of nitro groups is 1. The Kier molecular flexibility index (Phi) is 6.25. The molecule has 116 valence electrons. The maximum absolute atomic E-state index is 12.0. The molecule has 0 aliphatic rings. The summed E-state index contributed by atoms with van der Waals surface area (Å²) in [6.45, 7) is 1.97. The van der Waals surface area contributed by atoms with Crippen LogP contribution >= 0.6 is 15.9 Å². The van der Waals surface area contributed by atoms with Gasteiger partial charge in [-0.1, -0.05) is 0 Å². The first-order valence-corrected chi connectivity index (χ1v) is 6.99. The zero-order chi connectivity index (χ0) is 16.0. The highest BCUT2D eigenvalue weighted by molar-refractivity contribution is 9.10. The molecule has 0 aliphatic carbocycles. The molecule has 0 saturated heterocycles. The van der Waals surface area contributed by atoms with E-state index in [1.165, 1.54) is 25.3 Å². The summed E-state index contributed by atoms with van der Waals surface area (Å²) in [7, 11) is 1.52. The molecule has 0 radical (unpaired) electrons. The van der Waals surface area contributed by atoms with Gasteiger partial charge in [-0.15, -0.1) is 0 Å². The van der Waals surface area contributed by atoms with E-state index in [1.54, 1.807) is 6.92 Å². The van der Waals surface area contributed by atoms with Gasteiger partial charge < -0.3 is 15.2 Å². The van der Waals surface area contributed by atoms with Crippen molar-refractivity contribution in [1.29, 1.82) is 0 Å². The number of amides is 1. The molecule has 2 N–H and O–H groups in total. The summed E-state index contributed by atoms with van der Waals surface area (Å²) < 4.78 is 5.17. The zero-order valence-electron chi connectivity index (χ0n) is 11.8.